The van der Waals surface area contributed by atoms with Crippen molar-refractivity contribution in [2.24, 2.45) is 0 Å². The number of hydrogen-bond acceptors (Lipinski definition) is 3. The number of rotatable bonds is 11. The third-order valence-electron chi connectivity index (χ3n) is 14.7. The first kappa shape index (κ1) is 56.7. The Morgan fingerprint density at radius 3 is 1.03 bits per heavy atom. The highest BCUT2D eigenvalue weighted by Crippen LogP contribution is 2.56. The number of ether oxygens (including phenoxy) is 3. The second-order valence-corrected chi connectivity index (χ2v) is 21.9. The molecule has 1 atom stereocenters. The van der Waals surface area contributed by atoms with Crippen LogP contribution >= 0.6 is 0 Å². The lowest BCUT2D eigenvalue weighted by molar-refractivity contribution is -0.963. The summed E-state index contributed by atoms with van der Waals surface area (Å²) in [6.45, 7) is 12.1. The van der Waals surface area contributed by atoms with E-state index in [-0.39, 0.29) is 87.4 Å². The van der Waals surface area contributed by atoms with Crippen LogP contribution in [0.4, 0.5) is 52.7 Å². The molecule has 1 aliphatic rings. The molecule has 0 amide bonds. The number of methoxy groups -OCH3 is 3. The van der Waals surface area contributed by atoms with Gasteiger partial charge in [-0.2, -0.15) is 52.7 Å². The molecule has 0 aromatic heterocycles. The highest BCUT2D eigenvalue weighted by Gasteiger charge is 2.51. The summed E-state index contributed by atoms with van der Waals surface area (Å²) >= 11 is 0. The first-order valence-electron chi connectivity index (χ1n) is 24.1. The Morgan fingerprint density at radius 1 is 0.467 bits per heavy atom. The fraction of sp³-hybridized carbons (Fsp3) is 0.390. The van der Waals surface area contributed by atoms with Crippen molar-refractivity contribution in [3.05, 3.63) is 165 Å². The minimum absolute atomic E-state index is 0.0274. The van der Waals surface area contributed by atoms with E-state index in [4.69, 9.17) is 14.2 Å². The lowest BCUT2D eigenvalue weighted by Crippen LogP contribution is -2.62. The van der Waals surface area contributed by atoms with Crippen molar-refractivity contribution in [3.63, 3.8) is 0 Å². The summed E-state index contributed by atoms with van der Waals surface area (Å²) in [6.07, 6.45) is -20.5. The Balaban J connectivity index is 1.76. The van der Waals surface area contributed by atoms with Gasteiger partial charge in [-0.15, -0.1) is 0 Å². The molecule has 0 fully saturated rings. The van der Waals surface area contributed by atoms with Crippen LogP contribution in [0.1, 0.15) is 104 Å². The van der Waals surface area contributed by atoms with E-state index in [9.17, 15) is 52.7 Å². The van der Waals surface area contributed by atoms with Crippen LogP contribution in [-0.2, 0) is 66.2 Å². The maximum Gasteiger partial charge on any atom is 0.416 e. The number of alkyl halides is 12. The lowest BCUT2D eigenvalue weighted by Gasteiger charge is -2.49. The van der Waals surface area contributed by atoms with Crippen LogP contribution in [0, 0.1) is 0 Å². The van der Waals surface area contributed by atoms with Crippen LogP contribution in [0.25, 0.3) is 33.4 Å². The molecule has 0 unspecified atom stereocenters. The number of quaternary nitrogens is 1. The van der Waals surface area contributed by atoms with Crippen molar-refractivity contribution in [1.82, 2.24) is 0 Å². The maximum absolute atomic E-state index is 14.9. The summed E-state index contributed by atoms with van der Waals surface area (Å²) < 4.78 is 198. The van der Waals surface area contributed by atoms with E-state index in [1.165, 1.54) is 21.3 Å². The third-order valence-corrected chi connectivity index (χ3v) is 14.7. The van der Waals surface area contributed by atoms with Crippen molar-refractivity contribution in [3.8, 4) is 44.9 Å². The predicted molar refractivity (Wildman–Crippen MR) is 266 cm³/mol. The quantitative estimate of drug-likeness (QED) is 0.0956. The van der Waals surface area contributed by atoms with Crippen molar-refractivity contribution in [1.29, 1.82) is 0 Å². The largest absolute Gasteiger partial charge is 0.496 e. The molecule has 1 heterocycles. The van der Waals surface area contributed by atoms with Gasteiger partial charge in [0.1, 0.15) is 36.2 Å². The molecule has 1 aliphatic heterocycles. The third kappa shape index (κ3) is 11.4. The van der Waals surface area contributed by atoms with Crippen LogP contribution < -0.4 is 9.47 Å². The number of benzene rings is 6. The second-order valence-electron chi connectivity index (χ2n) is 21.9. The minimum Gasteiger partial charge on any atom is -0.496 e. The fourth-order valence-electron chi connectivity index (χ4n) is 10.7. The summed E-state index contributed by atoms with van der Waals surface area (Å²) in [7, 11) is 5.87. The highest BCUT2D eigenvalue weighted by atomic mass is 19.4. The van der Waals surface area contributed by atoms with E-state index < -0.39 is 80.6 Å². The van der Waals surface area contributed by atoms with E-state index in [0.717, 1.165) is 11.1 Å². The molecule has 0 saturated carbocycles. The Kier molecular flexibility index (Phi) is 15.0. The molecule has 0 radical (unpaired) electrons. The average molecular weight is 1060 g/mol. The SMILES string of the molecule is COc1c(C(C)(C)C)cc2c(c1-c1cc(C(F)(F)F)cc(C(F)(F)F)c1)C[N+](C)([C@@H](C)C(Cc1ccccc1)(Cc1ccccc1)OC)Cc1c-2cc(C(C)(C)C)c(OC)c1-c1cc(C(F)(F)F)cc(C(F)(F)F)c1. The van der Waals surface area contributed by atoms with Crippen molar-refractivity contribution < 1.29 is 71.4 Å². The number of fused-ring (bicyclic) bond motifs is 3. The molecule has 6 aromatic rings. The van der Waals surface area contributed by atoms with Crippen LogP contribution in [0.3, 0.4) is 0 Å². The minimum atomic E-state index is -5.26. The second kappa shape index (κ2) is 19.9. The monoisotopic (exact) mass is 1060 g/mol. The molecule has 7 rings (SSSR count). The van der Waals surface area contributed by atoms with E-state index in [0.29, 0.717) is 35.4 Å². The van der Waals surface area contributed by atoms with Gasteiger partial charge in [0, 0.05) is 53.3 Å². The molecule has 75 heavy (non-hydrogen) atoms. The molecule has 0 N–H and O–H groups in total. The summed E-state index contributed by atoms with van der Waals surface area (Å²) in [4.78, 5) is 0. The fourth-order valence-corrected chi connectivity index (χ4v) is 10.7. The van der Waals surface area contributed by atoms with Gasteiger partial charge in [0.05, 0.1) is 43.5 Å². The topological polar surface area (TPSA) is 27.7 Å². The van der Waals surface area contributed by atoms with Gasteiger partial charge in [0.25, 0.3) is 0 Å². The van der Waals surface area contributed by atoms with Crippen molar-refractivity contribution in [2.45, 2.75) is 122 Å². The summed E-state index contributed by atoms with van der Waals surface area (Å²) in [6, 6.07) is 24.1. The molecule has 4 nitrogen and oxygen atoms in total. The van der Waals surface area contributed by atoms with Crippen molar-refractivity contribution in [2.75, 3.05) is 28.4 Å². The number of likely N-dealkylation sites (N-methyl/N-ethyl adjacent to an activating group) is 1. The zero-order valence-corrected chi connectivity index (χ0v) is 43.5. The molecular weight excluding hydrogens is 999 g/mol. The number of halogens is 12. The Hall–Kier alpha value is -6.00. The molecule has 0 bridgehead atoms. The molecule has 402 valence electrons. The van der Waals surface area contributed by atoms with Crippen molar-refractivity contribution >= 4 is 0 Å². The number of hydrogen-bond donors (Lipinski definition) is 0. The molecule has 16 heteroatoms. The Morgan fingerprint density at radius 2 is 0.773 bits per heavy atom. The van der Waals surface area contributed by atoms with Gasteiger partial charge < -0.3 is 18.7 Å². The van der Waals surface area contributed by atoms with Crippen LogP contribution in [-0.4, -0.2) is 44.5 Å². The Labute approximate surface area is 429 Å². The van der Waals surface area contributed by atoms with Gasteiger partial charge in [-0.1, -0.05) is 102 Å². The highest BCUT2D eigenvalue weighted by molar-refractivity contribution is 5.91. The van der Waals surface area contributed by atoms with Gasteiger partial charge in [0.2, 0.25) is 0 Å². The molecule has 6 aromatic carbocycles. The maximum atomic E-state index is 14.9. The molecule has 0 spiro atoms. The molecular formula is C59H60F12NO3+. The molecule has 0 saturated heterocycles. The van der Waals surface area contributed by atoms with E-state index in [1.807, 2.05) is 67.6 Å². The van der Waals surface area contributed by atoms with Crippen LogP contribution in [0.5, 0.6) is 11.5 Å². The van der Waals surface area contributed by atoms with Gasteiger partial charge >= 0.3 is 24.7 Å². The van der Waals surface area contributed by atoms with Gasteiger partial charge in [-0.25, -0.2) is 0 Å². The normalized spacial score (nSPS) is 15.0. The smallest absolute Gasteiger partial charge is 0.416 e. The number of nitrogens with zero attached hydrogens (tertiary/aromatic N) is 1. The van der Waals surface area contributed by atoms with E-state index >= 15 is 0 Å². The van der Waals surface area contributed by atoms with E-state index in [1.54, 1.807) is 60.7 Å². The summed E-state index contributed by atoms with van der Waals surface area (Å²) in [5.41, 5.74) is -7.34. The van der Waals surface area contributed by atoms with Gasteiger partial charge in [0.15, 0.2) is 0 Å². The van der Waals surface area contributed by atoms with Gasteiger partial charge in [-0.3, -0.25) is 0 Å². The zero-order valence-electron chi connectivity index (χ0n) is 43.5. The first-order chi connectivity index (χ1) is 34.6. The van der Waals surface area contributed by atoms with E-state index in [2.05, 4.69) is 0 Å². The van der Waals surface area contributed by atoms with Crippen LogP contribution in [0.2, 0.25) is 0 Å². The predicted octanol–water partition coefficient (Wildman–Crippen LogP) is 17.1. The zero-order chi connectivity index (χ0) is 55.6. The van der Waals surface area contributed by atoms with Crippen LogP contribution in [0.15, 0.2) is 109 Å². The Bertz CT molecular complexity index is 2790. The van der Waals surface area contributed by atoms with Gasteiger partial charge in [-0.05, 0) is 99.7 Å². The standard InChI is InChI=1S/C59H60F12NO3/c1-34(55(75-11,30-35-18-14-12-15-19-35)31-36-20-16-13-17-21-36)72(8)32-45-43(28-47(53(2,3)4)51(73-9)49(45)37-22-39(56(60,61)62)26-40(23-37)57(63,64)65)44-29-48(54(5,6)7)52(74-10)50(46(44)33-72)38-24-41(58(66,67)68)27-42(25-38)59(69,70)71/h12-29,34H,30-33H2,1-11H3/q+1/t34-/m0/s1. The molecule has 0 aliphatic carbocycles. The average Bonchev–Trinajstić information content (AvgIpc) is 3.44. The summed E-state index contributed by atoms with van der Waals surface area (Å²) in [5.74, 6) is -0.0548. The first-order valence-corrected chi connectivity index (χ1v) is 24.1. The summed E-state index contributed by atoms with van der Waals surface area (Å²) in [5, 5.41) is 0. The lowest BCUT2D eigenvalue weighted by atomic mass is 9.76.